The van der Waals surface area contributed by atoms with E-state index < -0.39 is 18.0 Å². The Morgan fingerprint density at radius 3 is 2.35 bits per heavy atom. The highest BCUT2D eigenvalue weighted by Gasteiger charge is 2.23. The van der Waals surface area contributed by atoms with Gasteiger partial charge in [0, 0.05) is 24.8 Å². The van der Waals surface area contributed by atoms with E-state index in [2.05, 4.69) is 15.7 Å². The van der Waals surface area contributed by atoms with Gasteiger partial charge in [-0.15, -0.1) is 0 Å². The molecule has 0 radical (unpaired) electrons. The summed E-state index contributed by atoms with van der Waals surface area (Å²) in [6.45, 7) is 7.60. The van der Waals surface area contributed by atoms with E-state index in [4.69, 9.17) is 5.11 Å². The Morgan fingerprint density at radius 1 is 1.35 bits per heavy atom. The zero-order chi connectivity index (χ0) is 15.4. The SMILES string of the molecule is Cc1nn(C)c(C)c1CNC(=O)N[C@@H](C(=O)O)C(C)C. The van der Waals surface area contributed by atoms with Crippen LogP contribution in [-0.4, -0.2) is 32.9 Å². The third-order valence-corrected chi connectivity index (χ3v) is 3.30. The maximum absolute atomic E-state index is 11.8. The van der Waals surface area contributed by atoms with E-state index in [-0.39, 0.29) is 5.92 Å². The lowest BCUT2D eigenvalue weighted by atomic mass is 10.1. The van der Waals surface area contributed by atoms with E-state index in [0.717, 1.165) is 17.0 Å². The molecule has 0 aliphatic heterocycles. The van der Waals surface area contributed by atoms with Crippen LogP contribution in [0.5, 0.6) is 0 Å². The average molecular weight is 282 g/mol. The number of carboxylic acids is 1. The number of carboxylic acid groups (broad SMARTS) is 1. The van der Waals surface area contributed by atoms with Crippen LogP contribution in [0.3, 0.4) is 0 Å². The number of amides is 2. The Hall–Kier alpha value is -2.05. The molecule has 0 spiro atoms. The molecular weight excluding hydrogens is 260 g/mol. The predicted molar refractivity (Wildman–Crippen MR) is 74.3 cm³/mol. The number of rotatable bonds is 5. The van der Waals surface area contributed by atoms with Crippen LogP contribution in [0.15, 0.2) is 0 Å². The van der Waals surface area contributed by atoms with E-state index in [1.807, 2.05) is 20.9 Å². The zero-order valence-corrected chi connectivity index (χ0v) is 12.5. The van der Waals surface area contributed by atoms with Gasteiger partial charge >= 0.3 is 12.0 Å². The lowest BCUT2D eigenvalue weighted by molar-refractivity contribution is -0.140. The van der Waals surface area contributed by atoms with Gasteiger partial charge < -0.3 is 15.7 Å². The number of hydrogen-bond donors (Lipinski definition) is 3. The van der Waals surface area contributed by atoms with Crippen molar-refractivity contribution in [3.8, 4) is 0 Å². The first kappa shape index (κ1) is 16.0. The van der Waals surface area contributed by atoms with Crippen molar-refractivity contribution in [2.45, 2.75) is 40.3 Å². The van der Waals surface area contributed by atoms with Gasteiger partial charge in [0.15, 0.2) is 0 Å². The highest BCUT2D eigenvalue weighted by Crippen LogP contribution is 2.11. The van der Waals surface area contributed by atoms with Gasteiger partial charge in [-0.3, -0.25) is 4.68 Å². The molecule has 2 amide bonds. The number of nitrogens with zero attached hydrogens (tertiary/aromatic N) is 2. The standard InChI is InChI=1S/C13H22N4O3/c1-7(2)11(12(18)19)15-13(20)14-6-10-8(3)16-17(5)9(10)4/h7,11H,6H2,1-5H3,(H,18,19)(H2,14,15,20)/t11-/m1/s1. The second kappa shape index (κ2) is 6.40. The van der Waals surface area contributed by atoms with Crippen LogP contribution in [-0.2, 0) is 18.4 Å². The molecule has 0 saturated carbocycles. The molecule has 7 heteroatoms. The second-order valence-corrected chi connectivity index (χ2v) is 5.16. The fourth-order valence-corrected chi connectivity index (χ4v) is 1.95. The first-order valence-corrected chi connectivity index (χ1v) is 6.50. The van der Waals surface area contributed by atoms with Crippen LogP contribution < -0.4 is 10.6 Å². The molecule has 112 valence electrons. The molecule has 7 nitrogen and oxygen atoms in total. The minimum Gasteiger partial charge on any atom is -0.480 e. The summed E-state index contributed by atoms with van der Waals surface area (Å²) in [5, 5.41) is 18.4. The third kappa shape index (κ3) is 3.72. The molecule has 0 aliphatic carbocycles. The van der Waals surface area contributed by atoms with Gasteiger partial charge in [0.05, 0.1) is 5.69 Å². The third-order valence-electron chi connectivity index (χ3n) is 3.30. The van der Waals surface area contributed by atoms with Crippen LogP contribution in [0.2, 0.25) is 0 Å². The van der Waals surface area contributed by atoms with Crippen molar-refractivity contribution >= 4 is 12.0 Å². The highest BCUT2D eigenvalue weighted by molar-refractivity contribution is 5.82. The Morgan fingerprint density at radius 2 is 1.95 bits per heavy atom. The summed E-state index contributed by atoms with van der Waals surface area (Å²) in [6.07, 6.45) is 0. The summed E-state index contributed by atoms with van der Waals surface area (Å²) in [4.78, 5) is 22.8. The van der Waals surface area contributed by atoms with Crippen molar-refractivity contribution in [2.75, 3.05) is 0 Å². The second-order valence-electron chi connectivity index (χ2n) is 5.16. The minimum absolute atomic E-state index is 0.180. The molecule has 1 rings (SSSR count). The summed E-state index contributed by atoms with van der Waals surface area (Å²) in [7, 11) is 1.84. The number of carbonyl (C=O) groups excluding carboxylic acids is 1. The van der Waals surface area contributed by atoms with Gasteiger partial charge in [-0.05, 0) is 19.8 Å². The number of urea groups is 1. The van der Waals surface area contributed by atoms with Gasteiger partial charge in [-0.2, -0.15) is 5.10 Å². The monoisotopic (exact) mass is 282 g/mol. The van der Waals surface area contributed by atoms with Crippen molar-refractivity contribution in [1.29, 1.82) is 0 Å². The summed E-state index contributed by atoms with van der Waals surface area (Å²) >= 11 is 0. The first-order valence-electron chi connectivity index (χ1n) is 6.50. The molecule has 0 bridgehead atoms. The van der Waals surface area contributed by atoms with Crippen molar-refractivity contribution in [1.82, 2.24) is 20.4 Å². The van der Waals surface area contributed by atoms with Gasteiger partial charge in [-0.25, -0.2) is 9.59 Å². The van der Waals surface area contributed by atoms with Crippen LogP contribution in [0, 0.1) is 19.8 Å². The first-order chi connectivity index (χ1) is 9.23. The van der Waals surface area contributed by atoms with Crippen molar-refractivity contribution in [3.63, 3.8) is 0 Å². The van der Waals surface area contributed by atoms with Crippen molar-refractivity contribution < 1.29 is 14.7 Å². The molecule has 0 aromatic carbocycles. The average Bonchev–Trinajstić information content (AvgIpc) is 2.57. The van der Waals surface area contributed by atoms with E-state index >= 15 is 0 Å². The number of aryl methyl sites for hydroxylation is 2. The van der Waals surface area contributed by atoms with Crippen LogP contribution in [0.4, 0.5) is 4.79 Å². The molecule has 0 saturated heterocycles. The molecule has 1 aromatic rings. The fraction of sp³-hybridized carbons (Fsp3) is 0.615. The Balaban J connectivity index is 2.61. The molecule has 1 atom stereocenters. The van der Waals surface area contributed by atoms with Crippen LogP contribution >= 0.6 is 0 Å². The summed E-state index contributed by atoms with van der Waals surface area (Å²) < 4.78 is 1.75. The van der Waals surface area contributed by atoms with E-state index in [1.165, 1.54) is 0 Å². The summed E-state index contributed by atoms with van der Waals surface area (Å²) in [6, 6.07) is -1.39. The number of carbonyl (C=O) groups is 2. The highest BCUT2D eigenvalue weighted by atomic mass is 16.4. The molecule has 1 heterocycles. The van der Waals surface area contributed by atoms with Crippen LogP contribution in [0.25, 0.3) is 0 Å². The number of nitrogens with one attached hydrogen (secondary N) is 2. The van der Waals surface area contributed by atoms with Crippen LogP contribution in [0.1, 0.15) is 30.8 Å². The van der Waals surface area contributed by atoms with Gasteiger partial charge in [0.25, 0.3) is 0 Å². The lowest BCUT2D eigenvalue weighted by Gasteiger charge is -2.18. The Kier molecular flexibility index (Phi) is 5.12. The quantitative estimate of drug-likeness (QED) is 0.749. The smallest absolute Gasteiger partial charge is 0.326 e. The van der Waals surface area contributed by atoms with Crippen molar-refractivity contribution in [3.05, 3.63) is 17.0 Å². The van der Waals surface area contributed by atoms with Gasteiger partial charge in [-0.1, -0.05) is 13.8 Å². The number of aliphatic carboxylic acids is 1. The maximum atomic E-state index is 11.8. The fourth-order valence-electron chi connectivity index (χ4n) is 1.95. The Labute approximate surface area is 118 Å². The topological polar surface area (TPSA) is 96.3 Å². The largest absolute Gasteiger partial charge is 0.480 e. The molecule has 0 fully saturated rings. The lowest BCUT2D eigenvalue weighted by Crippen LogP contribution is -2.48. The number of aromatic nitrogens is 2. The predicted octanol–water partition coefficient (Wildman–Crippen LogP) is 0.945. The molecule has 0 aliphatic rings. The summed E-state index contributed by atoms with van der Waals surface area (Å²) in [5.74, 6) is -1.22. The molecule has 3 N–H and O–H groups in total. The zero-order valence-electron chi connectivity index (χ0n) is 12.5. The van der Waals surface area contributed by atoms with Crippen molar-refractivity contribution in [2.24, 2.45) is 13.0 Å². The Bertz CT molecular complexity index is 508. The van der Waals surface area contributed by atoms with E-state index in [1.54, 1.807) is 18.5 Å². The number of hydrogen-bond acceptors (Lipinski definition) is 3. The molecule has 1 aromatic heterocycles. The normalized spacial score (nSPS) is 12.3. The minimum atomic E-state index is -1.04. The van der Waals surface area contributed by atoms with Gasteiger partial charge in [0.2, 0.25) is 0 Å². The van der Waals surface area contributed by atoms with E-state index in [9.17, 15) is 9.59 Å². The molecule has 20 heavy (non-hydrogen) atoms. The molecular formula is C13H22N4O3. The van der Waals surface area contributed by atoms with E-state index in [0.29, 0.717) is 6.54 Å². The summed E-state index contributed by atoms with van der Waals surface area (Å²) in [5.41, 5.74) is 2.77. The van der Waals surface area contributed by atoms with Gasteiger partial charge in [0.1, 0.15) is 6.04 Å². The maximum Gasteiger partial charge on any atom is 0.326 e. The molecule has 0 unspecified atom stereocenters.